The second-order valence-corrected chi connectivity index (χ2v) is 5.27. The van der Waals surface area contributed by atoms with Crippen LogP contribution < -0.4 is 5.32 Å². The van der Waals surface area contributed by atoms with Crippen molar-refractivity contribution >= 4 is 0 Å². The topological polar surface area (TPSA) is 32.3 Å². The van der Waals surface area contributed by atoms with Gasteiger partial charge in [-0.25, -0.2) is 0 Å². The monoisotopic (exact) mass is 269 g/mol. The minimum absolute atomic E-state index is 0.321. The average Bonchev–Trinajstić information content (AvgIpc) is 2.50. The highest BCUT2D eigenvalue weighted by atomic mass is 16.3. The van der Waals surface area contributed by atoms with Crippen LogP contribution in [-0.4, -0.2) is 11.7 Å². The smallest absolute Gasteiger partial charge is 0.115 e. The summed E-state index contributed by atoms with van der Waals surface area (Å²) in [6.07, 6.45) is 1.03. The molecule has 2 heteroatoms. The standard InChI is InChI=1S/C18H23NO/c1-3-18(16-9-11-17(20)12-10-16)19-13-14(2)15-7-5-4-6-8-15/h4-12,14,18-20H,3,13H2,1-2H3. The maximum Gasteiger partial charge on any atom is 0.115 e. The molecule has 0 radical (unpaired) electrons. The Morgan fingerprint density at radius 3 is 2.20 bits per heavy atom. The van der Waals surface area contributed by atoms with E-state index in [-0.39, 0.29) is 0 Å². The van der Waals surface area contributed by atoms with E-state index >= 15 is 0 Å². The number of rotatable bonds is 6. The molecule has 2 rings (SSSR count). The quantitative estimate of drug-likeness (QED) is 0.822. The Morgan fingerprint density at radius 2 is 1.60 bits per heavy atom. The second kappa shape index (κ2) is 7.11. The first-order valence-corrected chi connectivity index (χ1v) is 7.28. The Bertz CT molecular complexity index is 507. The van der Waals surface area contributed by atoms with Gasteiger partial charge in [0.15, 0.2) is 0 Å². The van der Waals surface area contributed by atoms with Gasteiger partial charge < -0.3 is 10.4 Å². The van der Waals surface area contributed by atoms with Crippen molar-refractivity contribution in [2.75, 3.05) is 6.54 Å². The molecule has 0 aliphatic heterocycles. The average molecular weight is 269 g/mol. The molecule has 2 nitrogen and oxygen atoms in total. The van der Waals surface area contributed by atoms with Crippen molar-refractivity contribution in [1.29, 1.82) is 0 Å². The third-order valence-electron chi connectivity index (χ3n) is 3.74. The summed E-state index contributed by atoms with van der Waals surface area (Å²) in [5, 5.41) is 13.0. The molecule has 0 aliphatic carbocycles. The summed E-state index contributed by atoms with van der Waals surface area (Å²) in [5.74, 6) is 0.809. The number of nitrogens with one attached hydrogen (secondary N) is 1. The van der Waals surface area contributed by atoms with Crippen molar-refractivity contribution in [3.63, 3.8) is 0 Å². The minimum atomic E-state index is 0.321. The van der Waals surface area contributed by atoms with Gasteiger partial charge in [-0.15, -0.1) is 0 Å². The highest BCUT2D eigenvalue weighted by Crippen LogP contribution is 2.21. The molecule has 0 saturated heterocycles. The number of benzene rings is 2. The molecule has 0 saturated carbocycles. The maximum absolute atomic E-state index is 9.36. The Labute approximate surface area is 121 Å². The van der Waals surface area contributed by atoms with Crippen molar-refractivity contribution < 1.29 is 5.11 Å². The van der Waals surface area contributed by atoms with Crippen LogP contribution in [-0.2, 0) is 0 Å². The third kappa shape index (κ3) is 3.84. The van der Waals surface area contributed by atoms with Gasteiger partial charge in [0.1, 0.15) is 5.75 Å². The summed E-state index contributed by atoms with van der Waals surface area (Å²) >= 11 is 0. The highest BCUT2D eigenvalue weighted by molar-refractivity contribution is 5.28. The lowest BCUT2D eigenvalue weighted by molar-refractivity contribution is 0.471. The van der Waals surface area contributed by atoms with Crippen LogP contribution in [0.15, 0.2) is 54.6 Å². The molecule has 2 aromatic rings. The number of phenols is 1. The van der Waals surface area contributed by atoms with Crippen LogP contribution in [0.5, 0.6) is 5.75 Å². The van der Waals surface area contributed by atoms with Gasteiger partial charge in [0.05, 0.1) is 0 Å². The molecule has 0 heterocycles. The minimum Gasteiger partial charge on any atom is -0.508 e. The van der Waals surface area contributed by atoms with Crippen molar-refractivity contribution in [1.82, 2.24) is 5.32 Å². The van der Waals surface area contributed by atoms with Gasteiger partial charge in [0.2, 0.25) is 0 Å². The SMILES string of the molecule is CCC(NCC(C)c1ccccc1)c1ccc(O)cc1. The summed E-state index contributed by atoms with van der Waals surface area (Å²) < 4.78 is 0. The zero-order valence-electron chi connectivity index (χ0n) is 12.2. The van der Waals surface area contributed by atoms with Gasteiger partial charge in [0.25, 0.3) is 0 Å². The van der Waals surface area contributed by atoms with E-state index < -0.39 is 0 Å². The van der Waals surface area contributed by atoms with Gasteiger partial charge >= 0.3 is 0 Å². The van der Waals surface area contributed by atoms with Crippen LogP contribution >= 0.6 is 0 Å². The van der Waals surface area contributed by atoms with Crippen LogP contribution in [0.25, 0.3) is 0 Å². The maximum atomic E-state index is 9.36. The zero-order valence-corrected chi connectivity index (χ0v) is 12.2. The van der Waals surface area contributed by atoms with Crippen LogP contribution in [0.4, 0.5) is 0 Å². The number of hydrogen-bond acceptors (Lipinski definition) is 2. The van der Waals surface area contributed by atoms with Crippen LogP contribution in [0.1, 0.15) is 43.4 Å². The van der Waals surface area contributed by atoms with Gasteiger partial charge in [0, 0.05) is 12.6 Å². The fourth-order valence-electron chi connectivity index (χ4n) is 2.42. The Kier molecular flexibility index (Phi) is 5.19. The van der Waals surface area contributed by atoms with Crippen molar-refractivity contribution in [2.45, 2.75) is 32.2 Å². The van der Waals surface area contributed by atoms with Crippen molar-refractivity contribution in [3.8, 4) is 5.75 Å². The Morgan fingerprint density at radius 1 is 0.950 bits per heavy atom. The first-order valence-electron chi connectivity index (χ1n) is 7.28. The normalized spacial score (nSPS) is 13.9. The van der Waals surface area contributed by atoms with E-state index in [0.29, 0.717) is 17.7 Å². The predicted molar refractivity (Wildman–Crippen MR) is 84.0 cm³/mol. The summed E-state index contributed by atoms with van der Waals surface area (Å²) in [7, 11) is 0. The van der Waals surface area contributed by atoms with Crippen LogP contribution in [0.2, 0.25) is 0 Å². The fourth-order valence-corrected chi connectivity index (χ4v) is 2.42. The van der Waals surface area contributed by atoms with Crippen molar-refractivity contribution in [2.24, 2.45) is 0 Å². The van der Waals surface area contributed by atoms with E-state index in [4.69, 9.17) is 0 Å². The fraction of sp³-hybridized carbons (Fsp3) is 0.333. The summed E-state index contributed by atoms with van der Waals surface area (Å²) in [4.78, 5) is 0. The molecule has 2 unspecified atom stereocenters. The van der Waals surface area contributed by atoms with Gasteiger partial charge in [-0.05, 0) is 35.6 Å². The van der Waals surface area contributed by atoms with Gasteiger partial charge in [-0.1, -0.05) is 56.3 Å². The molecule has 0 fully saturated rings. The first kappa shape index (κ1) is 14.6. The molecule has 2 N–H and O–H groups in total. The Balaban J connectivity index is 1.95. The van der Waals surface area contributed by atoms with E-state index in [9.17, 15) is 5.11 Å². The van der Waals surface area contributed by atoms with Gasteiger partial charge in [-0.2, -0.15) is 0 Å². The molecule has 20 heavy (non-hydrogen) atoms. The van der Waals surface area contributed by atoms with Crippen molar-refractivity contribution in [3.05, 3.63) is 65.7 Å². The molecule has 2 atom stereocenters. The van der Waals surface area contributed by atoms with Crippen LogP contribution in [0.3, 0.4) is 0 Å². The lowest BCUT2D eigenvalue weighted by Gasteiger charge is -2.21. The van der Waals surface area contributed by atoms with Gasteiger partial charge in [-0.3, -0.25) is 0 Å². The number of phenolic OH excluding ortho intramolecular Hbond substituents is 1. The van der Waals surface area contributed by atoms with E-state index in [2.05, 4.69) is 49.5 Å². The molecule has 0 spiro atoms. The van der Waals surface area contributed by atoms with E-state index in [1.54, 1.807) is 12.1 Å². The summed E-state index contributed by atoms with van der Waals surface area (Å²) in [6, 6.07) is 18.4. The first-order chi connectivity index (χ1) is 9.70. The Hall–Kier alpha value is -1.80. The zero-order chi connectivity index (χ0) is 14.4. The van der Waals surface area contributed by atoms with E-state index in [0.717, 1.165) is 13.0 Å². The lowest BCUT2D eigenvalue weighted by atomic mass is 9.99. The predicted octanol–water partition coefficient (Wildman–Crippen LogP) is 4.24. The molecule has 0 aliphatic rings. The van der Waals surface area contributed by atoms with E-state index in [1.807, 2.05) is 12.1 Å². The number of aromatic hydroxyl groups is 1. The molecular weight excluding hydrogens is 246 g/mol. The van der Waals surface area contributed by atoms with Crippen LogP contribution in [0, 0.1) is 0 Å². The second-order valence-electron chi connectivity index (χ2n) is 5.27. The summed E-state index contributed by atoms with van der Waals surface area (Å²) in [6.45, 7) is 5.37. The highest BCUT2D eigenvalue weighted by Gasteiger charge is 2.11. The third-order valence-corrected chi connectivity index (χ3v) is 3.74. The number of hydrogen-bond donors (Lipinski definition) is 2. The largest absolute Gasteiger partial charge is 0.508 e. The van der Waals surface area contributed by atoms with E-state index in [1.165, 1.54) is 11.1 Å². The molecule has 106 valence electrons. The molecule has 2 aromatic carbocycles. The molecule has 0 bridgehead atoms. The lowest BCUT2D eigenvalue weighted by Crippen LogP contribution is -2.25. The molecule has 0 amide bonds. The summed E-state index contributed by atoms with van der Waals surface area (Å²) in [5.41, 5.74) is 2.59. The molecule has 0 aromatic heterocycles. The molecular formula is C18H23NO.